The molecule has 0 aliphatic carbocycles. The third kappa shape index (κ3) is 3.42. The SMILES string of the molecule is CN1C(=O)CCOc2ccc(S(=O)(=O)NCc3ccccc3)cc21. The van der Waals surface area contributed by atoms with Crippen molar-refractivity contribution in [1.29, 1.82) is 0 Å². The van der Waals surface area contributed by atoms with Gasteiger partial charge in [0.25, 0.3) is 0 Å². The van der Waals surface area contributed by atoms with E-state index < -0.39 is 10.0 Å². The summed E-state index contributed by atoms with van der Waals surface area (Å²) < 4.78 is 33.1. The van der Waals surface area contributed by atoms with Gasteiger partial charge in [0.1, 0.15) is 5.75 Å². The number of nitrogens with zero attached hydrogens (tertiary/aromatic N) is 1. The van der Waals surface area contributed by atoms with E-state index in [1.54, 1.807) is 13.1 Å². The number of carbonyl (C=O) groups is 1. The lowest BCUT2D eigenvalue weighted by Gasteiger charge is -2.17. The molecule has 0 fully saturated rings. The lowest BCUT2D eigenvalue weighted by Crippen LogP contribution is -2.26. The van der Waals surface area contributed by atoms with Gasteiger partial charge in [-0.2, -0.15) is 0 Å². The van der Waals surface area contributed by atoms with Crippen LogP contribution in [-0.4, -0.2) is 28.0 Å². The summed E-state index contributed by atoms with van der Waals surface area (Å²) in [4.78, 5) is 13.5. The predicted octanol–water partition coefficient (Wildman–Crippen LogP) is 1.91. The van der Waals surface area contributed by atoms with E-state index in [1.807, 2.05) is 30.3 Å². The van der Waals surface area contributed by atoms with Gasteiger partial charge >= 0.3 is 0 Å². The number of anilines is 1. The van der Waals surface area contributed by atoms with Crippen LogP contribution in [0.5, 0.6) is 5.75 Å². The number of sulfonamides is 1. The Balaban J connectivity index is 1.86. The molecule has 3 rings (SSSR count). The molecule has 0 spiro atoms. The van der Waals surface area contributed by atoms with Crippen molar-refractivity contribution in [2.24, 2.45) is 0 Å². The molecular formula is C17H18N2O4S. The van der Waals surface area contributed by atoms with Gasteiger partial charge in [-0.25, -0.2) is 13.1 Å². The van der Waals surface area contributed by atoms with Gasteiger partial charge in [0.05, 0.1) is 23.6 Å². The minimum absolute atomic E-state index is 0.0994. The maximum Gasteiger partial charge on any atom is 0.240 e. The van der Waals surface area contributed by atoms with E-state index in [4.69, 9.17) is 4.74 Å². The molecule has 6 nitrogen and oxygen atoms in total. The molecule has 1 heterocycles. The normalized spacial score (nSPS) is 14.7. The molecule has 7 heteroatoms. The highest BCUT2D eigenvalue weighted by Crippen LogP contribution is 2.32. The first-order valence-electron chi connectivity index (χ1n) is 7.54. The highest BCUT2D eigenvalue weighted by molar-refractivity contribution is 7.89. The van der Waals surface area contributed by atoms with E-state index in [0.717, 1.165) is 5.56 Å². The van der Waals surface area contributed by atoms with E-state index in [9.17, 15) is 13.2 Å². The minimum Gasteiger partial charge on any atom is -0.491 e. The summed E-state index contributed by atoms with van der Waals surface area (Å²) in [6.45, 7) is 0.486. The standard InChI is InChI=1S/C17H18N2O4S/c1-19-15-11-14(7-8-16(15)23-10-9-17(19)20)24(21,22)18-12-13-5-3-2-4-6-13/h2-8,11,18H,9-10,12H2,1H3. The summed E-state index contributed by atoms with van der Waals surface area (Å²) in [6.07, 6.45) is 0.263. The highest BCUT2D eigenvalue weighted by Gasteiger charge is 2.23. The van der Waals surface area contributed by atoms with Crippen molar-refractivity contribution in [3.05, 3.63) is 54.1 Å². The first-order chi connectivity index (χ1) is 11.5. The Hall–Kier alpha value is -2.38. The number of ether oxygens (including phenoxy) is 1. The lowest BCUT2D eigenvalue weighted by molar-refractivity contribution is -0.118. The summed E-state index contributed by atoms with van der Waals surface area (Å²) in [6, 6.07) is 13.8. The Morgan fingerprint density at radius 2 is 1.92 bits per heavy atom. The quantitative estimate of drug-likeness (QED) is 0.918. The van der Waals surface area contributed by atoms with Gasteiger partial charge in [-0.15, -0.1) is 0 Å². The van der Waals surface area contributed by atoms with Crippen LogP contribution in [0.2, 0.25) is 0 Å². The van der Waals surface area contributed by atoms with E-state index in [0.29, 0.717) is 11.4 Å². The molecule has 2 aromatic rings. The molecule has 0 atom stereocenters. The van der Waals surface area contributed by atoms with E-state index in [-0.39, 0.29) is 30.4 Å². The molecule has 0 bridgehead atoms. The zero-order valence-corrected chi connectivity index (χ0v) is 14.0. The summed E-state index contributed by atoms with van der Waals surface area (Å²) in [7, 11) is -2.07. The molecule has 0 unspecified atom stereocenters. The predicted molar refractivity (Wildman–Crippen MR) is 90.4 cm³/mol. The number of fused-ring (bicyclic) bond motifs is 1. The smallest absolute Gasteiger partial charge is 0.240 e. The maximum absolute atomic E-state index is 12.5. The number of rotatable bonds is 4. The molecule has 0 radical (unpaired) electrons. The second-order valence-electron chi connectivity index (χ2n) is 5.49. The lowest BCUT2D eigenvalue weighted by atomic mass is 10.2. The number of nitrogens with one attached hydrogen (secondary N) is 1. The fraction of sp³-hybridized carbons (Fsp3) is 0.235. The van der Waals surface area contributed by atoms with Crippen molar-refractivity contribution >= 4 is 21.6 Å². The van der Waals surface area contributed by atoms with E-state index >= 15 is 0 Å². The van der Waals surface area contributed by atoms with Gasteiger partial charge in [0.2, 0.25) is 15.9 Å². The first kappa shape index (κ1) is 16.5. The van der Waals surface area contributed by atoms with Crippen LogP contribution < -0.4 is 14.4 Å². The minimum atomic E-state index is -3.69. The summed E-state index contributed by atoms with van der Waals surface area (Å²) in [5.74, 6) is 0.394. The van der Waals surface area contributed by atoms with Crippen LogP contribution in [-0.2, 0) is 21.4 Å². The van der Waals surface area contributed by atoms with Crippen molar-refractivity contribution in [2.45, 2.75) is 17.9 Å². The van der Waals surface area contributed by atoms with Crippen molar-refractivity contribution < 1.29 is 17.9 Å². The summed E-state index contributed by atoms with van der Waals surface area (Å²) in [5, 5.41) is 0. The molecule has 0 saturated carbocycles. The monoisotopic (exact) mass is 346 g/mol. The fourth-order valence-corrected chi connectivity index (χ4v) is 3.49. The van der Waals surface area contributed by atoms with Crippen LogP contribution in [0.15, 0.2) is 53.4 Å². The molecular weight excluding hydrogens is 328 g/mol. The van der Waals surface area contributed by atoms with E-state index in [2.05, 4.69) is 4.72 Å². The van der Waals surface area contributed by atoms with Crippen molar-refractivity contribution in [1.82, 2.24) is 4.72 Å². The van der Waals surface area contributed by atoms with Crippen LogP contribution in [0.1, 0.15) is 12.0 Å². The topological polar surface area (TPSA) is 75.7 Å². The van der Waals surface area contributed by atoms with Crippen molar-refractivity contribution in [2.75, 3.05) is 18.6 Å². The average molecular weight is 346 g/mol. The second kappa shape index (κ2) is 6.62. The van der Waals surface area contributed by atoms with Gasteiger partial charge < -0.3 is 9.64 Å². The molecule has 0 aromatic heterocycles. The Bertz CT molecular complexity index is 850. The zero-order valence-electron chi connectivity index (χ0n) is 13.2. The molecule has 1 N–H and O–H groups in total. The number of amides is 1. The Kier molecular flexibility index (Phi) is 4.55. The second-order valence-corrected chi connectivity index (χ2v) is 7.26. The molecule has 126 valence electrons. The zero-order chi connectivity index (χ0) is 17.2. The Morgan fingerprint density at radius 1 is 1.17 bits per heavy atom. The van der Waals surface area contributed by atoms with E-state index in [1.165, 1.54) is 17.0 Å². The average Bonchev–Trinajstić information content (AvgIpc) is 2.73. The van der Waals surface area contributed by atoms with Crippen LogP contribution >= 0.6 is 0 Å². The van der Waals surface area contributed by atoms with Crippen LogP contribution in [0.25, 0.3) is 0 Å². The molecule has 24 heavy (non-hydrogen) atoms. The molecule has 1 aliphatic rings. The largest absolute Gasteiger partial charge is 0.491 e. The molecule has 0 saturated heterocycles. The van der Waals surface area contributed by atoms with Crippen LogP contribution in [0.3, 0.4) is 0 Å². The van der Waals surface area contributed by atoms with Crippen LogP contribution in [0.4, 0.5) is 5.69 Å². The third-order valence-electron chi connectivity index (χ3n) is 3.86. The number of hydrogen-bond acceptors (Lipinski definition) is 4. The van der Waals surface area contributed by atoms with Gasteiger partial charge in [-0.05, 0) is 23.8 Å². The number of carbonyl (C=O) groups excluding carboxylic acids is 1. The fourth-order valence-electron chi connectivity index (χ4n) is 2.46. The van der Waals surface area contributed by atoms with Gasteiger partial charge in [0, 0.05) is 13.6 Å². The first-order valence-corrected chi connectivity index (χ1v) is 9.03. The van der Waals surface area contributed by atoms with Crippen molar-refractivity contribution in [3.8, 4) is 5.75 Å². The van der Waals surface area contributed by atoms with Gasteiger partial charge in [-0.1, -0.05) is 30.3 Å². The Morgan fingerprint density at radius 3 is 2.67 bits per heavy atom. The number of benzene rings is 2. The number of hydrogen-bond donors (Lipinski definition) is 1. The van der Waals surface area contributed by atoms with Gasteiger partial charge in [-0.3, -0.25) is 4.79 Å². The molecule has 1 aliphatic heterocycles. The molecule has 2 aromatic carbocycles. The van der Waals surface area contributed by atoms with Gasteiger partial charge in [0.15, 0.2) is 0 Å². The van der Waals surface area contributed by atoms with Crippen molar-refractivity contribution in [3.63, 3.8) is 0 Å². The third-order valence-corrected chi connectivity index (χ3v) is 5.26. The summed E-state index contributed by atoms with van der Waals surface area (Å²) >= 11 is 0. The maximum atomic E-state index is 12.5. The van der Waals surface area contributed by atoms with Crippen LogP contribution in [0, 0.1) is 0 Å². The Labute approximate surface area is 141 Å². The molecule has 1 amide bonds. The highest BCUT2D eigenvalue weighted by atomic mass is 32.2. The summed E-state index contributed by atoms with van der Waals surface area (Å²) in [5.41, 5.74) is 1.33.